The van der Waals surface area contributed by atoms with Crippen LogP contribution in [0.4, 0.5) is 4.79 Å². The maximum atomic E-state index is 10.7. The van der Waals surface area contributed by atoms with Gasteiger partial charge >= 0.3 is 6.16 Å². The Bertz CT molecular complexity index is 471. The van der Waals surface area contributed by atoms with Crippen LogP contribution in [0.2, 0.25) is 0 Å². The van der Waals surface area contributed by atoms with Gasteiger partial charge in [0.25, 0.3) is 0 Å². The molecule has 1 rings (SSSR count). The smallest absolute Gasteiger partial charge is 0.504 e. The van der Waals surface area contributed by atoms with Crippen LogP contribution in [0.25, 0.3) is 0 Å². The van der Waals surface area contributed by atoms with E-state index in [0.29, 0.717) is 0 Å². The van der Waals surface area contributed by atoms with Crippen molar-refractivity contribution >= 4 is 28.7 Å². The Morgan fingerprint density at radius 3 is 2.25 bits per heavy atom. The third-order valence-corrected chi connectivity index (χ3v) is 4.15. The molecule has 0 amide bonds. The highest BCUT2D eigenvalue weighted by molar-refractivity contribution is 14.1. The van der Waals surface area contributed by atoms with Crippen molar-refractivity contribution < 1.29 is 19.7 Å². The molecule has 1 aromatic carbocycles. The molecule has 0 fully saturated rings. The van der Waals surface area contributed by atoms with Crippen LogP contribution in [0.5, 0.6) is 11.5 Å². The average molecular weight is 392 g/mol. The molecule has 0 radical (unpaired) electrons. The van der Waals surface area contributed by atoms with E-state index in [9.17, 15) is 9.90 Å². The number of ether oxygens (including phenoxy) is 1. The maximum absolute atomic E-state index is 10.7. The predicted octanol–water partition coefficient (Wildman–Crippen LogP) is 4.74. The topological polar surface area (TPSA) is 66.8 Å². The van der Waals surface area contributed by atoms with Crippen LogP contribution in [0, 0.1) is 3.57 Å². The van der Waals surface area contributed by atoms with Crippen molar-refractivity contribution in [2.45, 2.75) is 52.4 Å². The Hall–Kier alpha value is -0.980. The molecular formula is C15H21IO4. The summed E-state index contributed by atoms with van der Waals surface area (Å²) < 4.78 is 5.62. The number of carbonyl (C=O) groups is 1. The van der Waals surface area contributed by atoms with Crippen molar-refractivity contribution in [3.63, 3.8) is 0 Å². The Kier molecular flexibility index (Phi) is 7.12. The van der Waals surface area contributed by atoms with Crippen LogP contribution in [-0.2, 0) is 12.8 Å². The Morgan fingerprint density at radius 2 is 1.75 bits per heavy atom. The summed E-state index contributed by atoms with van der Waals surface area (Å²) in [4.78, 5) is 10.7. The molecule has 4 nitrogen and oxygen atoms in total. The first-order chi connectivity index (χ1) is 9.51. The number of unbranched alkanes of at least 4 members (excludes halogenated alkanes) is 2. The third-order valence-electron chi connectivity index (χ3n) is 3.19. The zero-order valence-electron chi connectivity index (χ0n) is 11.9. The van der Waals surface area contributed by atoms with E-state index in [1.54, 1.807) is 6.07 Å². The normalized spacial score (nSPS) is 10.6. The molecule has 112 valence electrons. The molecule has 0 aliphatic heterocycles. The minimum atomic E-state index is -1.40. The first-order valence-corrected chi connectivity index (χ1v) is 8.03. The third kappa shape index (κ3) is 4.54. The minimum Gasteiger partial charge on any atom is -0.504 e. The lowest BCUT2D eigenvalue weighted by atomic mass is 9.96. The van der Waals surface area contributed by atoms with Gasteiger partial charge in [0.15, 0.2) is 11.5 Å². The zero-order chi connectivity index (χ0) is 15.1. The van der Waals surface area contributed by atoms with Gasteiger partial charge in [0.2, 0.25) is 0 Å². The molecule has 0 bridgehead atoms. The van der Waals surface area contributed by atoms with E-state index in [-0.39, 0.29) is 11.5 Å². The lowest BCUT2D eigenvalue weighted by Gasteiger charge is -2.16. The number of carboxylic acid groups (broad SMARTS) is 1. The number of phenols is 1. The van der Waals surface area contributed by atoms with Gasteiger partial charge < -0.3 is 14.9 Å². The van der Waals surface area contributed by atoms with E-state index < -0.39 is 6.16 Å². The van der Waals surface area contributed by atoms with Gasteiger partial charge in [0.05, 0.1) is 0 Å². The number of halogens is 1. The van der Waals surface area contributed by atoms with Crippen LogP contribution in [-0.4, -0.2) is 16.4 Å². The Balaban J connectivity index is 3.21. The van der Waals surface area contributed by atoms with Gasteiger partial charge in [-0.05, 0) is 59.9 Å². The zero-order valence-corrected chi connectivity index (χ0v) is 14.1. The van der Waals surface area contributed by atoms with Crippen LogP contribution < -0.4 is 4.74 Å². The van der Waals surface area contributed by atoms with E-state index >= 15 is 0 Å². The van der Waals surface area contributed by atoms with E-state index in [1.807, 2.05) is 0 Å². The van der Waals surface area contributed by atoms with E-state index in [4.69, 9.17) is 5.11 Å². The summed E-state index contributed by atoms with van der Waals surface area (Å²) in [6.07, 6.45) is 4.35. The summed E-state index contributed by atoms with van der Waals surface area (Å²) in [5.74, 6) is 0.0145. The van der Waals surface area contributed by atoms with Gasteiger partial charge in [-0.1, -0.05) is 26.7 Å². The standard InChI is InChI=1S/C15H21IO4/c1-3-5-7-10-11(8-6-4-2)14(17)13(9-12(10)16)20-15(18)19/h9,17H,3-8H2,1-2H3,(H,18,19). The van der Waals surface area contributed by atoms with Gasteiger partial charge in [-0.3, -0.25) is 0 Å². The van der Waals surface area contributed by atoms with Crippen LogP contribution >= 0.6 is 22.6 Å². The van der Waals surface area contributed by atoms with Crippen molar-refractivity contribution in [1.29, 1.82) is 0 Å². The van der Waals surface area contributed by atoms with Crippen LogP contribution in [0.15, 0.2) is 6.07 Å². The number of benzene rings is 1. The highest BCUT2D eigenvalue weighted by Gasteiger charge is 2.18. The summed E-state index contributed by atoms with van der Waals surface area (Å²) in [5, 5.41) is 19.0. The Morgan fingerprint density at radius 1 is 1.20 bits per heavy atom. The summed E-state index contributed by atoms with van der Waals surface area (Å²) in [6.45, 7) is 4.21. The molecule has 0 aliphatic carbocycles. The van der Waals surface area contributed by atoms with Gasteiger partial charge in [-0.15, -0.1) is 0 Å². The second-order valence-corrected chi connectivity index (χ2v) is 5.90. The highest BCUT2D eigenvalue weighted by atomic mass is 127. The molecule has 0 saturated carbocycles. The number of hydrogen-bond donors (Lipinski definition) is 2. The lowest BCUT2D eigenvalue weighted by Crippen LogP contribution is -2.07. The first kappa shape index (κ1) is 17.1. The van der Waals surface area contributed by atoms with E-state index in [1.165, 1.54) is 0 Å². The number of hydrogen-bond acceptors (Lipinski definition) is 3. The van der Waals surface area contributed by atoms with Gasteiger partial charge in [-0.25, -0.2) is 4.79 Å². The first-order valence-electron chi connectivity index (χ1n) is 6.95. The SMILES string of the molecule is CCCCc1c(I)cc(OC(=O)O)c(O)c1CCCC. The molecule has 0 unspecified atom stereocenters. The molecule has 0 spiro atoms. The summed E-state index contributed by atoms with van der Waals surface area (Å²) in [5.41, 5.74) is 1.96. The molecule has 20 heavy (non-hydrogen) atoms. The van der Waals surface area contributed by atoms with Crippen molar-refractivity contribution in [2.24, 2.45) is 0 Å². The molecule has 0 atom stereocenters. The molecule has 2 N–H and O–H groups in total. The largest absolute Gasteiger partial charge is 0.511 e. The minimum absolute atomic E-state index is 0.0210. The molecule has 1 aromatic rings. The predicted molar refractivity (Wildman–Crippen MR) is 86.7 cm³/mol. The van der Waals surface area contributed by atoms with Crippen molar-refractivity contribution in [3.05, 3.63) is 20.8 Å². The fourth-order valence-corrected chi connectivity index (χ4v) is 3.00. The van der Waals surface area contributed by atoms with Gasteiger partial charge in [0.1, 0.15) is 0 Å². The van der Waals surface area contributed by atoms with E-state index in [0.717, 1.165) is 53.2 Å². The van der Waals surface area contributed by atoms with Crippen LogP contribution in [0.1, 0.15) is 50.7 Å². The molecular weight excluding hydrogens is 371 g/mol. The number of phenolic OH excluding ortho intramolecular Hbond substituents is 1. The second kappa shape index (κ2) is 8.34. The maximum Gasteiger partial charge on any atom is 0.511 e. The van der Waals surface area contributed by atoms with Gasteiger partial charge in [0, 0.05) is 9.13 Å². The average Bonchev–Trinajstić information content (AvgIpc) is 2.39. The summed E-state index contributed by atoms with van der Waals surface area (Å²) in [6, 6.07) is 1.60. The van der Waals surface area contributed by atoms with E-state index in [2.05, 4.69) is 41.2 Å². The number of aromatic hydroxyl groups is 1. The molecule has 0 aliphatic rings. The van der Waals surface area contributed by atoms with Crippen molar-refractivity contribution in [3.8, 4) is 11.5 Å². The summed E-state index contributed by atoms with van der Waals surface area (Å²) >= 11 is 2.18. The fourth-order valence-electron chi connectivity index (χ4n) is 2.12. The monoisotopic (exact) mass is 392 g/mol. The highest BCUT2D eigenvalue weighted by Crippen LogP contribution is 2.37. The lowest BCUT2D eigenvalue weighted by molar-refractivity contribution is 0.142. The summed E-state index contributed by atoms with van der Waals surface area (Å²) in [7, 11) is 0. The van der Waals surface area contributed by atoms with Crippen molar-refractivity contribution in [2.75, 3.05) is 0 Å². The van der Waals surface area contributed by atoms with Crippen molar-refractivity contribution in [1.82, 2.24) is 0 Å². The quantitative estimate of drug-likeness (QED) is 0.400. The molecule has 5 heteroatoms. The fraction of sp³-hybridized carbons (Fsp3) is 0.533. The molecule has 0 saturated heterocycles. The molecule has 0 aromatic heterocycles. The second-order valence-electron chi connectivity index (χ2n) is 4.74. The molecule has 0 heterocycles. The Labute approximate surface area is 133 Å². The van der Waals surface area contributed by atoms with Crippen LogP contribution in [0.3, 0.4) is 0 Å². The number of rotatable bonds is 7. The van der Waals surface area contributed by atoms with Gasteiger partial charge in [-0.2, -0.15) is 0 Å².